The Morgan fingerprint density at radius 3 is 1.68 bits per heavy atom. The van der Waals surface area contributed by atoms with Gasteiger partial charge in [-0.1, -0.05) is 72.8 Å². The monoisotopic (exact) mass is 540 g/mol. The van der Waals surface area contributed by atoms with E-state index in [1.807, 2.05) is 72.8 Å². The van der Waals surface area contributed by atoms with Crippen LogP contribution in [0.15, 0.2) is 84.9 Å². The van der Waals surface area contributed by atoms with Gasteiger partial charge in [-0.3, -0.25) is 4.18 Å². The van der Waals surface area contributed by atoms with E-state index in [1.54, 1.807) is 0 Å². The van der Waals surface area contributed by atoms with Gasteiger partial charge in [-0.25, -0.2) is 0 Å². The molecule has 0 unspecified atom stereocenters. The van der Waals surface area contributed by atoms with Crippen molar-refractivity contribution in [3.63, 3.8) is 0 Å². The highest BCUT2D eigenvalue weighted by atomic mass is 33.1. The molecule has 0 bridgehead atoms. The summed E-state index contributed by atoms with van der Waals surface area (Å²) in [5, 5.41) is 10.8. The second-order valence-corrected chi connectivity index (χ2v) is 11.8. The molecule has 0 aliphatic carbocycles. The second kappa shape index (κ2) is 14.2. The van der Waals surface area contributed by atoms with Gasteiger partial charge in [-0.2, -0.15) is 8.42 Å². The highest BCUT2D eigenvalue weighted by Gasteiger charge is 2.11. The van der Waals surface area contributed by atoms with E-state index in [4.69, 9.17) is 13.7 Å². The molecular formula is C28H32N2O5S2. The lowest BCUT2D eigenvalue weighted by atomic mass is 10.1. The van der Waals surface area contributed by atoms with Crippen molar-refractivity contribution in [3.8, 4) is 11.5 Å². The fraction of sp³-hybridized carbons (Fsp3) is 0.286. The third-order valence-corrected chi connectivity index (χ3v) is 8.35. The molecule has 37 heavy (non-hydrogen) atoms. The number of hydrogen-bond acceptors (Lipinski definition) is 8. The fourth-order valence-electron chi connectivity index (χ4n) is 3.83. The average molecular weight is 541 g/mol. The van der Waals surface area contributed by atoms with Gasteiger partial charge in [0.25, 0.3) is 0 Å². The summed E-state index contributed by atoms with van der Waals surface area (Å²) >= 11 is 0. The standard InChI is InChI=1S/C28H32N2O5S2/c31-37(32,35-21-17-29-15-19-33-27-13-5-9-23-7-1-3-11-25(23)27)36-22-18-30-16-20-34-28-14-6-10-24-8-2-4-12-26(24)28/h1-14,29-30H,15-22H2. The first kappa shape index (κ1) is 27.2. The van der Waals surface area contributed by atoms with E-state index in [-0.39, 0.29) is 6.61 Å². The van der Waals surface area contributed by atoms with Gasteiger partial charge in [0, 0.05) is 42.7 Å². The molecule has 0 aliphatic heterocycles. The van der Waals surface area contributed by atoms with Crippen LogP contribution in [0, 0.1) is 0 Å². The summed E-state index contributed by atoms with van der Waals surface area (Å²) in [6.45, 7) is 3.22. The zero-order chi connectivity index (χ0) is 25.8. The first-order chi connectivity index (χ1) is 18.1. The van der Waals surface area contributed by atoms with Crippen LogP contribution in [-0.4, -0.2) is 60.2 Å². The van der Waals surface area contributed by atoms with Crippen molar-refractivity contribution in [1.29, 1.82) is 0 Å². The lowest BCUT2D eigenvalue weighted by molar-refractivity contribution is 0.296. The summed E-state index contributed by atoms with van der Waals surface area (Å²) in [5.41, 5.74) is 0. The second-order valence-electron chi connectivity index (χ2n) is 8.20. The third-order valence-electron chi connectivity index (χ3n) is 5.59. The Labute approximate surface area is 222 Å². The van der Waals surface area contributed by atoms with Gasteiger partial charge in [-0.15, -0.1) is 0 Å². The molecule has 0 aliphatic rings. The molecule has 196 valence electrons. The molecule has 4 rings (SSSR count). The van der Waals surface area contributed by atoms with E-state index in [2.05, 4.69) is 22.8 Å². The molecule has 0 saturated heterocycles. The number of ether oxygens (including phenoxy) is 2. The normalized spacial score (nSPS) is 11.7. The van der Waals surface area contributed by atoms with Crippen molar-refractivity contribution < 1.29 is 22.1 Å². The van der Waals surface area contributed by atoms with Gasteiger partial charge in [0.15, 0.2) is 0 Å². The molecule has 7 nitrogen and oxygen atoms in total. The maximum atomic E-state index is 12.1. The van der Waals surface area contributed by atoms with Crippen LogP contribution < -0.4 is 20.1 Å². The minimum Gasteiger partial charge on any atom is -0.492 e. The molecular weight excluding hydrogens is 508 g/mol. The van der Waals surface area contributed by atoms with E-state index in [0.717, 1.165) is 43.8 Å². The van der Waals surface area contributed by atoms with Crippen LogP contribution in [0.4, 0.5) is 0 Å². The third kappa shape index (κ3) is 8.62. The number of rotatable bonds is 16. The van der Waals surface area contributed by atoms with Crippen molar-refractivity contribution in [2.45, 2.75) is 0 Å². The first-order valence-electron chi connectivity index (χ1n) is 12.3. The zero-order valence-corrected chi connectivity index (χ0v) is 22.2. The van der Waals surface area contributed by atoms with Crippen molar-refractivity contribution >= 4 is 41.5 Å². The molecule has 0 radical (unpaired) electrons. The molecule has 0 spiro atoms. The summed E-state index contributed by atoms with van der Waals surface area (Å²) in [4.78, 5) is 0. The highest BCUT2D eigenvalue weighted by Crippen LogP contribution is 2.25. The maximum absolute atomic E-state index is 12.1. The minimum absolute atomic E-state index is 0.0793. The van der Waals surface area contributed by atoms with E-state index in [0.29, 0.717) is 45.1 Å². The topological polar surface area (TPSA) is 85.9 Å². The largest absolute Gasteiger partial charge is 0.492 e. The summed E-state index contributed by atoms with van der Waals surface area (Å²) in [7, 11) is -2.83. The van der Waals surface area contributed by atoms with Crippen molar-refractivity contribution in [3.05, 3.63) is 84.9 Å². The SMILES string of the molecule is O=S(=O)(OCCNCCOc1cccc2ccccc12)SCCNCCOc1cccc2ccccc12. The highest BCUT2D eigenvalue weighted by molar-refractivity contribution is 8.70. The summed E-state index contributed by atoms with van der Waals surface area (Å²) in [6.07, 6.45) is 0. The Morgan fingerprint density at radius 1 is 0.595 bits per heavy atom. The fourth-order valence-corrected chi connectivity index (χ4v) is 5.88. The molecule has 0 heterocycles. The Hall–Kier alpha value is -2.82. The summed E-state index contributed by atoms with van der Waals surface area (Å²) < 4.78 is 40.9. The molecule has 0 fully saturated rings. The van der Waals surface area contributed by atoms with Crippen molar-refractivity contribution in [2.24, 2.45) is 0 Å². The molecule has 0 amide bonds. The first-order valence-corrected chi connectivity index (χ1v) is 15.2. The average Bonchev–Trinajstić information content (AvgIpc) is 2.92. The zero-order valence-electron chi connectivity index (χ0n) is 20.6. The van der Waals surface area contributed by atoms with Gasteiger partial charge in [0.2, 0.25) is 0 Å². The molecule has 0 aromatic heterocycles. The molecule has 9 heteroatoms. The predicted octanol–water partition coefficient (Wildman–Crippen LogP) is 4.62. The number of fused-ring (bicyclic) bond motifs is 2. The Morgan fingerprint density at radius 2 is 1.08 bits per heavy atom. The van der Waals surface area contributed by atoms with E-state index >= 15 is 0 Å². The molecule has 4 aromatic rings. The van der Waals surface area contributed by atoms with E-state index in [1.165, 1.54) is 0 Å². The van der Waals surface area contributed by atoms with Gasteiger partial charge >= 0.3 is 9.15 Å². The predicted molar refractivity (Wildman–Crippen MR) is 152 cm³/mol. The van der Waals surface area contributed by atoms with E-state index < -0.39 is 9.15 Å². The summed E-state index contributed by atoms with van der Waals surface area (Å²) in [5.74, 6) is 2.07. The van der Waals surface area contributed by atoms with Crippen molar-refractivity contribution in [2.75, 3.05) is 51.8 Å². The van der Waals surface area contributed by atoms with Crippen LogP contribution in [0.5, 0.6) is 11.5 Å². The van der Waals surface area contributed by atoms with Crippen molar-refractivity contribution in [1.82, 2.24) is 10.6 Å². The maximum Gasteiger partial charge on any atom is 0.322 e. The quantitative estimate of drug-likeness (QED) is 0.157. The smallest absolute Gasteiger partial charge is 0.322 e. The van der Waals surface area contributed by atoms with Crippen LogP contribution in [0.3, 0.4) is 0 Å². The molecule has 4 aromatic carbocycles. The van der Waals surface area contributed by atoms with Crippen LogP contribution in [0.25, 0.3) is 21.5 Å². The van der Waals surface area contributed by atoms with E-state index in [9.17, 15) is 8.42 Å². The van der Waals surface area contributed by atoms with Crippen LogP contribution in [0.2, 0.25) is 0 Å². The van der Waals surface area contributed by atoms with Crippen LogP contribution >= 0.6 is 10.8 Å². The molecule has 0 saturated carbocycles. The van der Waals surface area contributed by atoms with Crippen LogP contribution in [0.1, 0.15) is 0 Å². The van der Waals surface area contributed by atoms with Gasteiger partial charge in [0.1, 0.15) is 24.7 Å². The summed E-state index contributed by atoms with van der Waals surface area (Å²) in [6, 6.07) is 28.1. The molecule has 2 N–H and O–H groups in total. The Kier molecular flexibility index (Phi) is 10.5. The Balaban J connectivity index is 1.02. The number of hydrogen-bond donors (Lipinski definition) is 2. The number of benzene rings is 4. The molecule has 0 atom stereocenters. The van der Waals surface area contributed by atoms with Gasteiger partial charge in [0.05, 0.1) is 6.61 Å². The number of nitrogens with one attached hydrogen (secondary N) is 2. The van der Waals surface area contributed by atoms with Gasteiger partial charge < -0.3 is 20.1 Å². The lowest BCUT2D eigenvalue weighted by Crippen LogP contribution is -2.26. The van der Waals surface area contributed by atoms with Gasteiger partial charge in [-0.05, 0) is 33.7 Å². The Bertz CT molecular complexity index is 1270. The van der Waals surface area contributed by atoms with Crippen LogP contribution in [-0.2, 0) is 13.3 Å². The minimum atomic E-state index is -3.63. The lowest BCUT2D eigenvalue weighted by Gasteiger charge is -2.11.